The first-order valence-corrected chi connectivity index (χ1v) is 8.37. The number of ether oxygens (including phenoxy) is 1. The molecule has 2 rings (SSSR count). The Hall–Kier alpha value is -1.26. The maximum atomic E-state index is 12.1. The summed E-state index contributed by atoms with van der Waals surface area (Å²) < 4.78 is 5.68. The van der Waals surface area contributed by atoms with Crippen LogP contribution in [0.4, 0.5) is 0 Å². The molecule has 1 aromatic rings. The van der Waals surface area contributed by atoms with Gasteiger partial charge < -0.3 is 14.5 Å². The van der Waals surface area contributed by atoms with E-state index in [4.69, 9.17) is 16.3 Å². The maximum absolute atomic E-state index is 12.1. The van der Waals surface area contributed by atoms with Crippen molar-refractivity contribution in [3.8, 4) is 5.75 Å². The highest BCUT2D eigenvalue weighted by Crippen LogP contribution is 2.21. The quantitative estimate of drug-likeness (QED) is 0.754. The van der Waals surface area contributed by atoms with E-state index in [9.17, 15) is 4.79 Å². The summed E-state index contributed by atoms with van der Waals surface area (Å²) in [5.74, 6) is 1.05. The summed E-state index contributed by atoms with van der Waals surface area (Å²) in [6, 6.07) is 5.62. The second-order valence-electron chi connectivity index (χ2n) is 5.68. The van der Waals surface area contributed by atoms with E-state index in [0.29, 0.717) is 13.0 Å². The van der Waals surface area contributed by atoms with Gasteiger partial charge in [-0.1, -0.05) is 18.5 Å². The molecule has 0 bridgehead atoms. The molecule has 1 aliphatic heterocycles. The Balaban J connectivity index is 1.66. The normalized spacial score (nSPS) is 15.9. The molecule has 0 atom stereocenters. The number of amides is 1. The van der Waals surface area contributed by atoms with Gasteiger partial charge in [0.05, 0.1) is 6.61 Å². The average molecular weight is 325 g/mol. The van der Waals surface area contributed by atoms with E-state index in [1.807, 2.05) is 30.0 Å². The fourth-order valence-electron chi connectivity index (χ4n) is 2.59. The van der Waals surface area contributed by atoms with Crippen LogP contribution in [0, 0.1) is 6.92 Å². The molecule has 1 aromatic carbocycles. The van der Waals surface area contributed by atoms with E-state index in [1.54, 1.807) is 0 Å². The topological polar surface area (TPSA) is 32.8 Å². The highest BCUT2D eigenvalue weighted by atomic mass is 35.5. The molecular weight excluding hydrogens is 300 g/mol. The number of benzene rings is 1. The second-order valence-corrected chi connectivity index (χ2v) is 6.09. The first-order valence-electron chi connectivity index (χ1n) is 7.99. The van der Waals surface area contributed by atoms with E-state index in [0.717, 1.165) is 55.5 Å². The van der Waals surface area contributed by atoms with Crippen molar-refractivity contribution in [1.29, 1.82) is 0 Å². The Morgan fingerprint density at radius 1 is 1.27 bits per heavy atom. The van der Waals surface area contributed by atoms with E-state index < -0.39 is 0 Å². The molecule has 0 spiro atoms. The van der Waals surface area contributed by atoms with Crippen LogP contribution >= 0.6 is 11.6 Å². The van der Waals surface area contributed by atoms with Crippen LogP contribution in [0.15, 0.2) is 18.2 Å². The van der Waals surface area contributed by atoms with Crippen molar-refractivity contribution < 1.29 is 9.53 Å². The lowest BCUT2D eigenvalue weighted by Gasteiger charge is -2.34. The third kappa shape index (κ3) is 4.89. The smallest absolute Gasteiger partial charge is 0.222 e. The molecule has 1 fully saturated rings. The predicted molar refractivity (Wildman–Crippen MR) is 89.6 cm³/mol. The first kappa shape index (κ1) is 17.1. The van der Waals surface area contributed by atoms with Crippen LogP contribution < -0.4 is 4.74 Å². The van der Waals surface area contributed by atoms with Gasteiger partial charge in [-0.25, -0.2) is 0 Å². The SMILES string of the molecule is CCN1CCN(C(=O)CCCOc2ccc(Cl)c(C)c2)CC1. The molecule has 22 heavy (non-hydrogen) atoms. The van der Waals surface area contributed by atoms with Crippen molar-refractivity contribution in [3.05, 3.63) is 28.8 Å². The zero-order chi connectivity index (χ0) is 15.9. The van der Waals surface area contributed by atoms with Gasteiger partial charge in [0, 0.05) is 37.6 Å². The molecule has 0 N–H and O–H groups in total. The van der Waals surface area contributed by atoms with Crippen molar-refractivity contribution in [1.82, 2.24) is 9.80 Å². The van der Waals surface area contributed by atoms with Gasteiger partial charge in [0.1, 0.15) is 5.75 Å². The zero-order valence-electron chi connectivity index (χ0n) is 13.5. The molecule has 0 unspecified atom stereocenters. The van der Waals surface area contributed by atoms with Crippen LogP contribution in [0.2, 0.25) is 5.02 Å². The third-order valence-corrected chi connectivity index (χ3v) is 4.53. The monoisotopic (exact) mass is 324 g/mol. The minimum atomic E-state index is 0.242. The second kappa shape index (κ2) is 8.39. The summed E-state index contributed by atoms with van der Waals surface area (Å²) in [6.07, 6.45) is 1.30. The maximum Gasteiger partial charge on any atom is 0.222 e. The average Bonchev–Trinajstić information content (AvgIpc) is 2.54. The zero-order valence-corrected chi connectivity index (χ0v) is 14.2. The van der Waals surface area contributed by atoms with Crippen molar-refractivity contribution >= 4 is 17.5 Å². The Morgan fingerprint density at radius 2 is 2.00 bits per heavy atom. The lowest BCUT2D eigenvalue weighted by atomic mass is 10.2. The minimum absolute atomic E-state index is 0.242. The highest BCUT2D eigenvalue weighted by Gasteiger charge is 2.19. The molecule has 0 aromatic heterocycles. The molecule has 0 saturated carbocycles. The van der Waals surface area contributed by atoms with Gasteiger partial charge in [0.15, 0.2) is 0 Å². The summed E-state index contributed by atoms with van der Waals surface area (Å²) in [6.45, 7) is 9.42. The van der Waals surface area contributed by atoms with Gasteiger partial charge in [0.2, 0.25) is 5.91 Å². The molecule has 1 aliphatic rings. The van der Waals surface area contributed by atoms with Gasteiger partial charge in [0.25, 0.3) is 0 Å². The van der Waals surface area contributed by atoms with Gasteiger partial charge in [-0.3, -0.25) is 4.79 Å². The van der Waals surface area contributed by atoms with Crippen LogP contribution in [-0.4, -0.2) is 55.0 Å². The number of carbonyl (C=O) groups is 1. The van der Waals surface area contributed by atoms with Gasteiger partial charge in [-0.15, -0.1) is 0 Å². The van der Waals surface area contributed by atoms with E-state index in [-0.39, 0.29) is 5.91 Å². The molecular formula is C17H25ClN2O2. The van der Waals surface area contributed by atoms with Crippen molar-refractivity contribution in [2.75, 3.05) is 39.3 Å². The van der Waals surface area contributed by atoms with Gasteiger partial charge in [-0.05, 0) is 43.7 Å². The number of carbonyl (C=O) groups excluding carboxylic acids is 1. The van der Waals surface area contributed by atoms with Crippen molar-refractivity contribution in [2.45, 2.75) is 26.7 Å². The molecule has 1 amide bonds. The first-order chi connectivity index (χ1) is 10.6. The number of aryl methyl sites for hydroxylation is 1. The molecule has 5 heteroatoms. The molecule has 0 aliphatic carbocycles. The summed E-state index contributed by atoms with van der Waals surface area (Å²) >= 11 is 5.98. The fraction of sp³-hybridized carbons (Fsp3) is 0.588. The standard InChI is InChI=1S/C17H25ClN2O2/c1-3-19-8-10-20(11-9-19)17(21)5-4-12-22-15-6-7-16(18)14(2)13-15/h6-7,13H,3-5,8-12H2,1-2H3. The number of piperazine rings is 1. The summed E-state index contributed by atoms with van der Waals surface area (Å²) in [5, 5.41) is 0.744. The van der Waals surface area contributed by atoms with E-state index in [1.165, 1.54) is 0 Å². The Bertz CT molecular complexity index is 499. The van der Waals surface area contributed by atoms with Crippen LogP contribution in [0.1, 0.15) is 25.3 Å². The lowest BCUT2D eigenvalue weighted by molar-refractivity contribution is -0.133. The summed E-state index contributed by atoms with van der Waals surface area (Å²) in [7, 11) is 0. The molecule has 4 nitrogen and oxygen atoms in total. The van der Waals surface area contributed by atoms with Gasteiger partial charge in [-0.2, -0.15) is 0 Å². The number of halogens is 1. The predicted octanol–water partition coefficient (Wildman–Crippen LogP) is 2.97. The molecule has 1 heterocycles. The summed E-state index contributed by atoms with van der Waals surface area (Å²) in [4.78, 5) is 16.5. The molecule has 0 radical (unpaired) electrons. The fourth-order valence-corrected chi connectivity index (χ4v) is 2.71. The highest BCUT2D eigenvalue weighted by molar-refractivity contribution is 6.31. The molecule has 122 valence electrons. The number of rotatable bonds is 6. The Kier molecular flexibility index (Phi) is 6.52. The largest absolute Gasteiger partial charge is 0.494 e. The van der Waals surface area contributed by atoms with Crippen LogP contribution in [0.25, 0.3) is 0 Å². The van der Waals surface area contributed by atoms with E-state index in [2.05, 4.69) is 11.8 Å². The lowest BCUT2D eigenvalue weighted by Crippen LogP contribution is -2.48. The third-order valence-electron chi connectivity index (χ3n) is 4.11. The van der Waals surface area contributed by atoms with Crippen LogP contribution in [0.3, 0.4) is 0 Å². The van der Waals surface area contributed by atoms with E-state index >= 15 is 0 Å². The van der Waals surface area contributed by atoms with Crippen LogP contribution in [0.5, 0.6) is 5.75 Å². The number of hydrogen-bond donors (Lipinski definition) is 0. The number of hydrogen-bond acceptors (Lipinski definition) is 3. The van der Waals surface area contributed by atoms with Crippen molar-refractivity contribution in [2.24, 2.45) is 0 Å². The van der Waals surface area contributed by atoms with Crippen LogP contribution in [-0.2, 0) is 4.79 Å². The van der Waals surface area contributed by atoms with Crippen molar-refractivity contribution in [3.63, 3.8) is 0 Å². The number of nitrogens with zero attached hydrogens (tertiary/aromatic N) is 2. The molecule has 1 saturated heterocycles. The summed E-state index contributed by atoms with van der Waals surface area (Å²) in [5.41, 5.74) is 1.00. The Labute approximate surface area is 138 Å². The minimum Gasteiger partial charge on any atom is -0.494 e. The van der Waals surface area contributed by atoms with Gasteiger partial charge >= 0.3 is 0 Å². The number of likely N-dealkylation sites (N-methyl/N-ethyl adjacent to an activating group) is 1. The Morgan fingerprint density at radius 3 is 2.64 bits per heavy atom.